The monoisotopic (exact) mass is 469 g/mol. The maximum Gasteiger partial charge on any atom is 0.271 e. The molecule has 3 aromatic carbocycles. The number of anilines is 1. The third-order valence-electron chi connectivity index (χ3n) is 4.47. The SMILES string of the molecule is CCOc1ccc(C(=O)NN=C(C)c2cccc(NC(=O)c3ccc(Cl)cc3Cl)c2)cc1. The van der Waals surface area contributed by atoms with E-state index in [1.165, 1.54) is 6.07 Å². The molecule has 6 nitrogen and oxygen atoms in total. The standard InChI is InChI=1S/C24H21Cl2N3O3/c1-3-32-20-10-7-16(8-11-20)23(30)29-28-15(2)17-5-4-6-19(13-17)27-24(31)21-12-9-18(25)14-22(21)26/h4-14H,3H2,1-2H3,(H,27,31)(H,29,30). The Balaban J connectivity index is 1.67. The molecule has 0 heterocycles. The van der Waals surface area contributed by atoms with E-state index >= 15 is 0 Å². The van der Waals surface area contributed by atoms with Crippen LogP contribution in [0.2, 0.25) is 10.0 Å². The van der Waals surface area contributed by atoms with E-state index in [0.717, 1.165) is 5.56 Å². The van der Waals surface area contributed by atoms with Gasteiger partial charge in [-0.05, 0) is 74.0 Å². The van der Waals surface area contributed by atoms with Crippen LogP contribution in [0.1, 0.15) is 40.1 Å². The number of amides is 2. The van der Waals surface area contributed by atoms with Gasteiger partial charge in [-0.15, -0.1) is 0 Å². The second-order valence-corrected chi connectivity index (χ2v) is 7.60. The third kappa shape index (κ3) is 6.09. The summed E-state index contributed by atoms with van der Waals surface area (Å²) in [5, 5.41) is 7.68. The Labute approximate surface area is 196 Å². The minimum absolute atomic E-state index is 0.265. The van der Waals surface area contributed by atoms with E-state index in [1.807, 2.05) is 13.0 Å². The van der Waals surface area contributed by atoms with Crippen molar-refractivity contribution < 1.29 is 14.3 Å². The van der Waals surface area contributed by atoms with Crippen molar-refractivity contribution in [3.63, 3.8) is 0 Å². The number of hydrazone groups is 1. The Morgan fingerprint density at radius 2 is 1.69 bits per heavy atom. The molecule has 0 unspecified atom stereocenters. The van der Waals surface area contributed by atoms with E-state index < -0.39 is 0 Å². The van der Waals surface area contributed by atoms with Crippen LogP contribution in [0.5, 0.6) is 5.75 Å². The first kappa shape index (κ1) is 23.3. The predicted molar refractivity (Wildman–Crippen MR) is 128 cm³/mol. The van der Waals surface area contributed by atoms with E-state index in [0.29, 0.717) is 39.9 Å². The van der Waals surface area contributed by atoms with Crippen LogP contribution >= 0.6 is 23.2 Å². The number of carbonyl (C=O) groups excluding carboxylic acids is 2. The molecule has 0 aliphatic carbocycles. The van der Waals surface area contributed by atoms with Gasteiger partial charge in [-0.25, -0.2) is 5.43 Å². The van der Waals surface area contributed by atoms with Gasteiger partial charge < -0.3 is 10.1 Å². The highest BCUT2D eigenvalue weighted by atomic mass is 35.5. The van der Waals surface area contributed by atoms with Crippen molar-refractivity contribution in [3.05, 3.63) is 93.5 Å². The van der Waals surface area contributed by atoms with Crippen LogP contribution in [0.25, 0.3) is 0 Å². The summed E-state index contributed by atoms with van der Waals surface area (Å²) in [6.45, 7) is 4.21. The molecule has 0 spiro atoms. The van der Waals surface area contributed by atoms with Gasteiger partial charge in [0.05, 0.1) is 22.9 Å². The lowest BCUT2D eigenvalue weighted by Crippen LogP contribution is -2.19. The zero-order valence-electron chi connectivity index (χ0n) is 17.5. The number of benzene rings is 3. The third-order valence-corrected chi connectivity index (χ3v) is 5.01. The first-order chi connectivity index (χ1) is 15.4. The Kier molecular flexibility index (Phi) is 7.87. The molecule has 0 aliphatic heterocycles. The average molecular weight is 470 g/mol. The smallest absolute Gasteiger partial charge is 0.271 e. The molecular formula is C24H21Cl2N3O3. The minimum Gasteiger partial charge on any atom is -0.494 e. The number of nitrogens with one attached hydrogen (secondary N) is 2. The Morgan fingerprint density at radius 3 is 2.38 bits per heavy atom. The molecule has 164 valence electrons. The highest BCUT2D eigenvalue weighted by Crippen LogP contribution is 2.22. The molecule has 0 atom stereocenters. The van der Waals surface area contributed by atoms with Gasteiger partial charge in [-0.3, -0.25) is 9.59 Å². The van der Waals surface area contributed by atoms with E-state index in [9.17, 15) is 9.59 Å². The number of nitrogens with zero attached hydrogens (tertiary/aromatic N) is 1. The molecule has 3 rings (SSSR count). The lowest BCUT2D eigenvalue weighted by Gasteiger charge is -2.09. The predicted octanol–water partition coefficient (Wildman–Crippen LogP) is 5.80. The number of hydrogen-bond donors (Lipinski definition) is 2. The summed E-state index contributed by atoms with van der Waals surface area (Å²) in [7, 11) is 0. The maximum atomic E-state index is 12.5. The van der Waals surface area contributed by atoms with Crippen molar-refractivity contribution in [1.29, 1.82) is 0 Å². The van der Waals surface area contributed by atoms with Crippen LogP contribution in [0.3, 0.4) is 0 Å². The molecule has 8 heteroatoms. The van der Waals surface area contributed by atoms with Crippen molar-refractivity contribution >= 4 is 46.4 Å². The number of ether oxygens (including phenoxy) is 1. The molecule has 0 saturated carbocycles. The highest BCUT2D eigenvalue weighted by molar-refractivity contribution is 6.37. The molecule has 0 radical (unpaired) electrons. The molecular weight excluding hydrogens is 449 g/mol. The lowest BCUT2D eigenvalue weighted by molar-refractivity contribution is 0.0954. The summed E-state index contributed by atoms with van der Waals surface area (Å²) in [5.41, 5.74) is 5.18. The van der Waals surface area contributed by atoms with Gasteiger partial charge in [0, 0.05) is 16.3 Å². The van der Waals surface area contributed by atoms with Crippen LogP contribution in [-0.2, 0) is 0 Å². The summed E-state index contributed by atoms with van der Waals surface area (Å²) in [4.78, 5) is 24.9. The number of halogens is 2. The zero-order valence-corrected chi connectivity index (χ0v) is 19.0. The molecule has 3 aromatic rings. The van der Waals surface area contributed by atoms with Crippen LogP contribution in [0.15, 0.2) is 71.8 Å². The summed E-state index contributed by atoms with van der Waals surface area (Å²) in [6.07, 6.45) is 0. The van der Waals surface area contributed by atoms with Crippen molar-refractivity contribution in [2.24, 2.45) is 5.10 Å². The summed E-state index contributed by atoms with van der Waals surface area (Å²) < 4.78 is 5.37. The minimum atomic E-state index is -0.359. The zero-order chi connectivity index (χ0) is 23.1. The van der Waals surface area contributed by atoms with Gasteiger partial charge in [-0.2, -0.15) is 5.10 Å². The molecule has 0 aliphatic rings. The fraction of sp³-hybridized carbons (Fsp3) is 0.125. The summed E-state index contributed by atoms with van der Waals surface area (Å²) >= 11 is 12.0. The number of carbonyl (C=O) groups is 2. The van der Waals surface area contributed by atoms with Crippen LogP contribution in [0.4, 0.5) is 5.69 Å². The second kappa shape index (κ2) is 10.8. The molecule has 0 aromatic heterocycles. The van der Waals surface area contributed by atoms with Gasteiger partial charge >= 0.3 is 0 Å². The maximum absolute atomic E-state index is 12.5. The normalized spacial score (nSPS) is 11.1. The molecule has 0 fully saturated rings. The Hall–Kier alpha value is -3.35. The van der Waals surface area contributed by atoms with Gasteiger partial charge in [-0.1, -0.05) is 35.3 Å². The fourth-order valence-electron chi connectivity index (χ4n) is 2.83. The number of rotatable bonds is 7. The van der Waals surface area contributed by atoms with E-state index in [2.05, 4.69) is 15.8 Å². The Morgan fingerprint density at radius 1 is 0.938 bits per heavy atom. The van der Waals surface area contributed by atoms with Gasteiger partial charge in [0.25, 0.3) is 11.8 Å². The van der Waals surface area contributed by atoms with Crippen molar-refractivity contribution in [3.8, 4) is 5.75 Å². The van der Waals surface area contributed by atoms with Gasteiger partial charge in [0.1, 0.15) is 5.75 Å². The first-order valence-electron chi connectivity index (χ1n) is 9.81. The first-order valence-corrected chi connectivity index (χ1v) is 10.6. The molecule has 32 heavy (non-hydrogen) atoms. The topological polar surface area (TPSA) is 79.8 Å². The van der Waals surface area contributed by atoms with Crippen molar-refractivity contribution in [2.75, 3.05) is 11.9 Å². The second-order valence-electron chi connectivity index (χ2n) is 6.75. The van der Waals surface area contributed by atoms with Crippen LogP contribution in [0, 0.1) is 0 Å². The van der Waals surface area contributed by atoms with E-state index in [4.69, 9.17) is 27.9 Å². The van der Waals surface area contributed by atoms with Gasteiger partial charge in [0.15, 0.2) is 0 Å². The van der Waals surface area contributed by atoms with Gasteiger partial charge in [0.2, 0.25) is 0 Å². The molecule has 2 amide bonds. The quantitative estimate of drug-likeness (QED) is 0.339. The summed E-state index contributed by atoms with van der Waals surface area (Å²) in [6, 6.07) is 18.6. The number of hydrogen-bond acceptors (Lipinski definition) is 4. The largest absolute Gasteiger partial charge is 0.494 e. The molecule has 2 N–H and O–H groups in total. The van der Waals surface area contributed by atoms with E-state index in [1.54, 1.807) is 61.5 Å². The van der Waals surface area contributed by atoms with Crippen molar-refractivity contribution in [2.45, 2.75) is 13.8 Å². The lowest BCUT2D eigenvalue weighted by atomic mass is 10.1. The van der Waals surface area contributed by atoms with Crippen LogP contribution < -0.4 is 15.5 Å². The summed E-state index contributed by atoms with van der Waals surface area (Å²) in [5.74, 6) is -0.000992. The molecule has 0 bridgehead atoms. The van der Waals surface area contributed by atoms with Crippen molar-refractivity contribution in [1.82, 2.24) is 5.43 Å². The fourth-order valence-corrected chi connectivity index (χ4v) is 3.32. The Bertz CT molecular complexity index is 1160. The average Bonchev–Trinajstić information content (AvgIpc) is 2.78. The van der Waals surface area contributed by atoms with Crippen LogP contribution in [-0.4, -0.2) is 24.1 Å². The van der Waals surface area contributed by atoms with E-state index in [-0.39, 0.29) is 16.8 Å². The molecule has 0 saturated heterocycles. The highest BCUT2D eigenvalue weighted by Gasteiger charge is 2.12.